The van der Waals surface area contributed by atoms with Crippen LogP contribution in [0.25, 0.3) is 0 Å². The van der Waals surface area contributed by atoms with Gasteiger partial charge in [-0.15, -0.1) is 0 Å². The molecule has 23 heavy (non-hydrogen) atoms. The molecule has 7 heteroatoms. The highest BCUT2D eigenvalue weighted by atomic mass is 16.7. The molecule has 1 amide bonds. The minimum absolute atomic E-state index is 0.0778. The zero-order valence-corrected chi connectivity index (χ0v) is 14.0. The van der Waals surface area contributed by atoms with Gasteiger partial charge in [-0.1, -0.05) is 19.9 Å². The monoisotopic (exact) mass is 331 g/mol. The second-order valence-electron chi connectivity index (χ2n) is 6.32. The van der Waals surface area contributed by atoms with E-state index in [-0.39, 0.29) is 18.6 Å². The van der Waals surface area contributed by atoms with Crippen molar-refractivity contribution in [3.8, 4) is 0 Å². The summed E-state index contributed by atoms with van der Waals surface area (Å²) in [7, 11) is 0. The summed E-state index contributed by atoms with van der Waals surface area (Å²) in [4.78, 5) is 11.5. The Morgan fingerprint density at radius 1 is 1.30 bits per heavy atom. The average Bonchev–Trinajstić information content (AvgIpc) is 2.50. The van der Waals surface area contributed by atoms with Crippen LogP contribution in [0, 0.1) is 5.92 Å². The number of carbonyl (C=O) groups excluding carboxylic acids is 1. The first-order chi connectivity index (χ1) is 10.8. The molecule has 4 N–H and O–H groups in total. The molecular weight excluding hydrogens is 302 g/mol. The van der Waals surface area contributed by atoms with Crippen molar-refractivity contribution < 1.29 is 29.6 Å². The Morgan fingerprint density at radius 2 is 2.00 bits per heavy atom. The van der Waals surface area contributed by atoms with E-state index in [9.17, 15) is 20.1 Å². The molecule has 0 aromatic carbocycles. The zero-order chi connectivity index (χ0) is 17.4. The van der Waals surface area contributed by atoms with E-state index in [1.54, 1.807) is 6.08 Å². The van der Waals surface area contributed by atoms with Crippen LogP contribution < -0.4 is 5.32 Å². The molecule has 134 valence electrons. The topological polar surface area (TPSA) is 108 Å². The number of allylic oxidation sites excluding steroid dienone is 1. The molecule has 1 aliphatic heterocycles. The smallest absolute Gasteiger partial charge is 0.243 e. The Morgan fingerprint density at radius 3 is 2.65 bits per heavy atom. The number of rotatable bonds is 8. The molecule has 0 saturated carbocycles. The van der Waals surface area contributed by atoms with Gasteiger partial charge in [-0.25, -0.2) is 0 Å². The molecule has 0 radical (unpaired) electrons. The van der Waals surface area contributed by atoms with Crippen LogP contribution in [-0.4, -0.2) is 65.1 Å². The van der Waals surface area contributed by atoms with Gasteiger partial charge in [-0.05, 0) is 31.8 Å². The van der Waals surface area contributed by atoms with Gasteiger partial charge in [-0.2, -0.15) is 0 Å². The Balaban J connectivity index is 2.24. The molecule has 1 heterocycles. The highest BCUT2D eigenvalue weighted by molar-refractivity contribution is 5.87. The van der Waals surface area contributed by atoms with Gasteiger partial charge in [0.1, 0.15) is 18.3 Å². The highest BCUT2D eigenvalue weighted by Crippen LogP contribution is 2.19. The molecule has 0 aromatic rings. The van der Waals surface area contributed by atoms with Crippen molar-refractivity contribution >= 4 is 5.91 Å². The average molecular weight is 331 g/mol. The van der Waals surface area contributed by atoms with E-state index in [2.05, 4.69) is 5.32 Å². The van der Waals surface area contributed by atoms with Gasteiger partial charge in [0, 0.05) is 6.54 Å². The summed E-state index contributed by atoms with van der Waals surface area (Å²) < 4.78 is 10.7. The Bertz CT molecular complexity index is 387. The van der Waals surface area contributed by atoms with Gasteiger partial charge in [0.15, 0.2) is 6.29 Å². The number of aliphatic hydroxyl groups excluding tert-OH is 3. The second-order valence-corrected chi connectivity index (χ2v) is 6.32. The van der Waals surface area contributed by atoms with Crippen LogP contribution >= 0.6 is 0 Å². The number of ether oxygens (including phenoxy) is 2. The first-order valence-electron chi connectivity index (χ1n) is 8.07. The Labute approximate surface area is 137 Å². The van der Waals surface area contributed by atoms with E-state index in [0.29, 0.717) is 25.3 Å². The normalized spacial score (nSPS) is 29.9. The summed E-state index contributed by atoms with van der Waals surface area (Å²) in [5.74, 6) is 0.298. The molecule has 1 rings (SSSR count). The van der Waals surface area contributed by atoms with Crippen LogP contribution in [0.2, 0.25) is 0 Å². The lowest BCUT2D eigenvalue weighted by atomic mass is 10.1. The Kier molecular flexibility index (Phi) is 8.72. The predicted molar refractivity (Wildman–Crippen MR) is 84.5 cm³/mol. The molecule has 1 aliphatic rings. The standard InChI is InChI=1S/C16H29NO6/c1-10(2)8-17-13(19)7-5-4-6-11(3)23-16-15(21)14(20)12(18)9-22-16/h5,7,10-12,14-16,18,20-21H,4,6,8-9H2,1-3H3,(H,17,19)/b7-5+/t11-,12+,14-,15-,16+/m1/s1. The molecule has 0 spiro atoms. The van der Waals surface area contributed by atoms with Crippen LogP contribution in [0.3, 0.4) is 0 Å². The van der Waals surface area contributed by atoms with Gasteiger partial charge >= 0.3 is 0 Å². The number of amides is 1. The lowest BCUT2D eigenvalue weighted by molar-refractivity contribution is -0.281. The van der Waals surface area contributed by atoms with Gasteiger partial charge in [0.2, 0.25) is 5.91 Å². The number of aliphatic hydroxyl groups is 3. The Hall–Kier alpha value is -0.990. The van der Waals surface area contributed by atoms with Gasteiger partial charge < -0.3 is 30.1 Å². The fraction of sp³-hybridized carbons (Fsp3) is 0.812. The first-order valence-corrected chi connectivity index (χ1v) is 8.07. The fourth-order valence-corrected chi connectivity index (χ4v) is 2.08. The van der Waals surface area contributed by atoms with Crippen molar-refractivity contribution in [3.05, 3.63) is 12.2 Å². The maximum absolute atomic E-state index is 11.5. The summed E-state index contributed by atoms with van der Waals surface area (Å²) in [6.07, 6.45) is -0.282. The van der Waals surface area contributed by atoms with E-state index in [4.69, 9.17) is 9.47 Å². The number of hydrogen-bond donors (Lipinski definition) is 4. The van der Waals surface area contributed by atoms with Crippen molar-refractivity contribution in [1.82, 2.24) is 5.32 Å². The molecule has 5 atom stereocenters. The van der Waals surface area contributed by atoms with E-state index in [0.717, 1.165) is 0 Å². The summed E-state index contributed by atoms with van der Waals surface area (Å²) in [5.41, 5.74) is 0. The van der Waals surface area contributed by atoms with Crippen molar-refractivity contribution in [3.63, 3.8) is 0 Å². The summed E-state index contributed by atoms with van der Waals surface area (Å²) in [6, 6.07) is 0. The molecule has 1 saturated heterocycles. The van der Waals surface area contributed by atoms with Crippen LogP contribution in [0.5, 0.6) is 0 Å². The third-order valence-electron chi connectivity index (χ3n) is 3.51. The van der Waals surface area contributed by atoms with Crippen LogP contribution in [0.1, 0.15) is 33.6 Å². The molecule has 0 bridgehead atoms. The van der Waals surface area contributed by atoms with Gasteiger partial charge in [0.25, 0.3) is 0 Å². The minimum atomic E-state index is -1.28. The molecule has 0 aliphatic carbocycles. The van der Waals surface area contributed by atoms with Crippen LogP contribution in [0.4, 0.5) is 0 Å². The maximum atomic E-state index is 11.5. The summed E-state index contributed by atoms with van der Waals surface area (Å²) in [6.45, 7) is 6.45. The lowest BCUT2D eigenvalue weighted by Gasteiger charge is -2.36. The van der Waals surface area contributed by atoms with Gasteiger partial charge in [-0.3, -0.25) is 4.79 Å². The van der Waals surface area contributed by atoms with E-state index >= 15 is 0 Å². The molecule has 1 fully saturated rings. The summed E-state index contributed by atoms with van der Waals surface area (Å²) in [5, 5.41) is 31.5. The van der Waals surface area contributed by atoms with Crippen molar-refractivity contribution in [2.75, 3.05) is 13.2 Å². The molecule has 7 nitrogen and oxygen atoms in total. The molecular formula is C16H29NO6. The maximum Gasteiger partial charge on any atom is 0.243 e. The van der Waals surface area contributed by atoms with Crippen molar-refractivity contribution in [2.45, 2.75) is 64.3 Å². The summed E-state index contributed by atoms with van der Waals surface area (Å²) >= 11 is 0. The lowest BCUT2D eigenvalue weighted by Crippen LogP contribution is -2.54. The quantitative estimate of drug-likeness (QED) is 0.464. The van der Waals surface area contributed by atoms with Gasteiger partial charge in [0.05, 0.1) is 12.7 Å². The molecule has 0 aromatic heterocycles. The first kappa shape index (κ1) is 20.1. The zero-order valence-electron chi connectivity index (χ0n) is 14.0. The predicted octanol–water partition coefficient (Wildman–Crippen LogP) is -0.0609. The number of carbonyl (C=O) groups is 1. The number of nitrogens with one attached hydrogen (secondary N) is 1. The van der Waals surface area contributed by atoms with Crippen LogP contribution in [-0.2, 0) is 14.3 Å². The van der Waals surface area contributed by atoms with E-state index in [1.165, 1.54) is 6.08 Å². The largest absolute Gasteiger partial charge is 0.388 e. The third-order valence-corrected chi connectivity index (χ3v) is 3.51. The fourth-order valence-electron chi connectivity index (χ4n) is 2.08. The third kappa shape index (κ3) is 7.41. The van der Waals surface area contributed by atoms with E-state index in [1.807, 2.05) is 20.8 Å². The molecule has 0 unspecified atom stereocenters. The number of hydrogen-bond acceptors (Lipinski definition) is 6. The minimum Gasteiger partial charge on any atom is -0.388 e. The highest BCUT2D eigenvalue weighted by Gasteiger charge is 2.38. The van der Waals surface area contributed by atoms with Crippen molar-refractivity contribution in [1.29, 1.82) is 0 Å². The SMILES string of the molecule is CC(C)CNC(=O)/C=C/CC[C@@H](C)O[C@@H]1OC[C@H](O)[C@@H](O)[C@H]1O. The second kappa shape index (κ2) is 10.00. The van der Waals surface area contributed by atoms with Crippen molar-refractivity contribution in [2.24, 2.45) is 5.92 Å². The van der Waals surface area contributed by atoms with Crippen LogP contribution in [0.15, 0.2) is 12.2 Å². The van der Waals surface area contributed by atoms with E-state index < -0.39 is 24.6 Å².